The Morgan fingerprint density at radius 3 is 2.81 bits per heavy atom. The van der Waals surface area contributed by atoms with Gasteiger partial charge in [-0.2, -0.15) is 0 Å². The van der Waals surface area contributed by atoms with Gasteiger partial charge in [0.05, 0.1) is 11.1 Å². The molecule has 86 valence electrons. The largest absolute Gasteiger partial charge is 0.460 e. The Morgan fingerprint density at radius 2 is 2.31 bits per heavy atom. The molecular formula is C12H16N2O2. The van der Waals surface area contributed by atoms with Crippen LogP contribution in [0.4, 0.5) is 0 Å². The number of ether oxygens (including phenoxy) is 1. The number of carbonyl (C=O) groups excluding carboxylic acids is 1. The summed E-state index contributed by atoms with van der Waals surface area (Å²) in [5.74, 6) is -0.291. The number of hydrogen-bond donors (Lipinski definition) is 0. The van der Waals surface area contributed by atoms with Crippen LogP contribution in [0, 0.1) is 0 Å². The van der Waals surface area contributed by atoms with Gasteiger partial charge in [-0.3, -0.25) is 4.98 Å². The van der Waals surface area contributed by atoms with Crippen molar-refractivity contribution in [3.63, 3.8) is 0 Å². The smallest absolute Gasteiger partial charge is 0.339 e. The molecule has 0 aromatic carbocycles. The van der Waals surface area contributed by atoms with Gasteiger partial charge in [0.2, 0.25) is 0 Å². The lowest BCUT2D eigenvalue weighted by molar-refractivity contribution is 0.0368. The molecule has 4 nitrogen and oxygen atoms in total. The molecule has 1 aromatic rings. The molecule has 0 amide bonds. The third-order valence-corrected chi connectivity index (χ3v) is 3.15. The highest BCUT2D eigenvalue weighted by atomic mass is 16.5. The van der Waals surface area contributed by atoms with Gasteiger partial charge in [-0.15, -0.1) is 0 Å². The lowest BCUT2D eigenvalue weighted by Crippen LogP contribution is -2.35. The summed E-state index contributed by atoms with van der Waals surface area (Å²) in [7, 11) is 4.04. The van der Waals surface area contributed by atoms with Crippen LogP contribution in [-0.2, 0) is 4.74 Å². The summed E-state index contributed by atoms with van der Waals surface area (Å²) < 4.78 is 5.30. The molecule has 0 radical (unpaired) electrons. The lowest BCUT2D eigenvalue weighted by atomic mass is 10.2. The number of aromatic nitrogens is 1. The Labute approximate surface area is 95.2 Å². The average molecular weight is 220 g/mol. The Balaban J connectivity index is 1.90. The van der Waals surface area contributed by atoms with E-state index in [9.17, 15) is 4.79 Å². The first-order valence-electron chi connectivity index (χ1n) is 5.39. The van der Waals surface area contributed by atoms with Crippen LogP contribution in [0.1, 0.15) is 23.2 Å². The van der Waals surface area contributed by atoms with E-state index in [1.54, 1.807) is 18.3 Å². The summed E-state index contributed by atoms with van der Waals surface area (Å²) in [5.41, 5.74) is 0.592. The molecule has 1 fully saturated rings. The molecule has 0 N–H and O–H groups in total. The van der Waals surface area contributed by atoms with E-state index < -0.39 is 0 Å². The summed E-state index contributed by atoms with van der Waals surface area (Å²) in [6.45, 7) is 0.466. The van der Waals surface area contributed by atoms with E-state index >= 15 is 0 Å². The normalized spacial score (nSPS) is 17.2. The quantitative estimate of drug-likeness (QED) is 0.718. The molecule has 1 aliphatic rings. The molecule has 1 aliphatic carbocycles. The van der Waals surface area contributed by atoms with Crippen molar-refractivity contribution in [2.75, 3.05) is 20.7 Å². The van der Waals surface area contributed by atoms with Crippen molar-refractivity contribution in [3.05, 3.63) is 30.1 Å². The molecule has 1 saturated carbocycles. The summed E-state index contributed by atoms with van der Waals surface area (Å²) in [6.07, 6.45) is 5.36. The number of nitrogens with zero attached hydrogens (tertiary/aromatic N) is 2. The van der Waals surface area contributed by atoms with Crippen LogP contribution in [0.5, 0.6) is 0 Å². The van der Waals surface area contributed by atoms with Crippen molar-refractivity contribution in [3.8, 4) is 0 Å². The number of likely N-dealkylation sites (N-methyl/N-ethyl adjacent to an activating group) is 1. The van der Waals surface area contributed by atoms with E-state index in [2.05, 4.69) is 9.88 Å². The highest BCUT2D eigenvalue weighted by molar-refractivity contribution is 5.88. The summed E-state index contributed by atoms with van der Waals surface area (Å²) in [6, 6.07) is 3.44. The fraction of sp³-hybridized carbons (Fsp3) is 0.500. The van der Waals surface area contributed by atoms with Crippen LogP contribution in [0.2, 0.25) is 0 Å². The third-order valence-electron chi connectivity index (χ3n) is 3.15. The first-order chi connectivity index (χ1) is 7.64. The zero-order valence-electron chi connectivity index (χ0n) is 9.64. The standard InChI is InChI=1S/C12H16N2O2/c1-14(2)12(5-6-12)9-16-11(15)10-4-3-7-13-8-10/h3-4,7-8H,5-6,9H2,1-2H3. The third kappa shape index (κ3) is 2.22. The Hall–Kier alpha value is -1.42. The van der Waals surface area contributed by atoms with E-state index in [4.69, 9.17) is 4.74 Å². The maximum Gasteiger partial charge on any atom is 0.339 e. The van der Waals surface area contributed by atoms with E-state index in [0.29, 0.717) is 12.2 Å². The minimum absolute atomic E-state index is 0.0812. The Bertz CT molecular complexity index is 372. The van der Waals surface area contributed by atoms with E-state index in [1.807, 2.05) is 14.1 Å². The first-order valence-corrected chi connectivity index (χ1v) is 5.39. The zero-order chi connectivity index (χ0) is 11.6. The van der Waals surface area contributed by atoms with Crippen LogP contribution in [0.25, 0.3) is 0 Å². The number of carbonyl (C=O) groups is 1. The van der Waals surface area contributed by atoms with Crippen molar-refractivity contribution in [2.45, 2.75) is 18.4 Å². The fourth-order valence-electron chi connectivity index (χ4n) is 1.63. The molecular weight excluding hydrogens is 204 g/mol. The van der Waals surface area contributed by atoms with Crippen LogP contribution in [-0.4, -0.2) is 42.1 Å². The molecule has 1 aromatic heterocycles. The molecule has 0 bridgehead atoms. The summed E-state index contributed by atoms with van der Waals surface area (Å²) in [4.78, 5) is 17.7. The summed E-state index contributed by atoms with van der Waals surface area (Å²) >= 11 is 0. The minimum Gasteiger partial charge on any atom is -0.460 e. The van der Waals surface area contributed by atoms with Crippen molar-refractivity contribution in [2.24, 2.45) is 0 Å². The van der Waals surface area contributed by atoms with E-state index in [-0.39, 0.29) is 11.5 Å². The van der Waals surface area contributed by atoms with Crippen molar-refractivity contribution >= 4 is 5.97 Å². The molecule has 0 spiro atoms. The van der Waals surface area contributed by atoms with Crippen LogP contribution in [0.3, 0.4) is 0 Å². The topological polar surface area (TPSA) is 42.4 Å². The SMILES string of the molecule is CN(C)C1(COC(=O)c2cccnc2)CC1. The van der Waals surface area contributed by atoms with Gasteiger partial charge in [-0.1, -0.05) is 0 Å². The predicted molar refractivity (Wildman–Crippen MR) is 60.2 cm³/mol. The maximum atomic E-state index is 11.7. The Kier molecular flexibility index (Phi) is 2.92. The van der Waals surface area contributed by atoms with Crippen molar-refractivity contribution < 1.29 is 9.53 Å². The van der Waals surface area contributed by atoms with Gasteiger partial charge in [0.15, 0.2) is 0 Å². The van der Waals surface area contributed by atoms with Crippen molar-refractivity contribution in [1.82, 2.24) is 9.88 Å². The Morgan fingerprint density at radius 1 is 1.56 bits per heavy atom. The van der Waals surface area contributed by atoms with E-state index in [0.717, 1.165) is 12.8 Å². The van der Waals surface area contributed by atoms with Gasteiger partial charge in [0, 0.05) is 12.4 Å². The van der Waals surface area contributed by atoms with Gasteiger partial charge in [0.25, 0.3) is 0 Å². The van der Waals surface area contributed by atoms with Gasteiger partial charge in [-0.05, 0) is 39.1 Å². The molecule has 4 heteroatoms. The molecule has 0 aliphatic heterocycles. The zero-order valence-corrected chi connectivity index (χ0v) is 9.64. The monoisotopic (exact) mass is 220 g/mol. The number of esters is 1. The first kappa shape index (κ1) is 11.1. The summed E-state index contributed by atoms with van der Waals surface area (Å²) in [5, 5.41) is 0. The van der Waals surface area contributed by atoms with Gasteiger partial charge < -0.3 is 9.64 Å². The maximum absolute atomic E-state index is 11.7. The second-order valence-corrected chi connectivity index (χ2v) is 4.44. The highest BCUT2D eigenvalue weighted by Gasteiger charge is 2.46. The second-order valence-electron chi connectivity index (χ2n) is 4.44. The molecule has 0 saturated heterocycles. The van der Waals surface area contributed by atoms with Crippen molar-refractivity contribution in [1.29, 1.82) is 0 Å². The van der Waals surface area contributed by atoms with E-state index in [1.165, 1.54) is 6.20 Å². The van der Waals surface area contributed by atoms with Gasteiger partial charge in [-0.25, -0.2) is 4.79 Å². The molecule has 16 heavy (non-hydrogen) atoms. The molecule has 2 rings (SSSR count). The molecule has 1 heterocycles. The van der Waals surface area contributed by atoms with Gasteiger partial charge in [0.1, 0.15) is 6.61 Å². The minimum atomic E-state index is -0.291. The second kappa shape index (κ2) is 4.22. The van der Waals surface area contributed by atoms with Crippen LogP contribution in [0.15, 0.2) is 24.5 Å². The number of rotatable bonds is 4. The van der Waals surface area contributed by atoms with Gasteiger partial charge >= 0.3 is 5.97 Å². The molecule has 0 atom stereocenters. The lowest BCUT2D eigenvalue weighted by Gasteiger charge is -2.22. The van der Waals surface area contributed by atoms with Crippen LogP contribution >= 0.6 is 0 Å². The van der Waals surface area contributed by atoms with Crippen LogP contribution < -0.4 is 0 Å². The highest BCUT2D eigenvalue weighted by Crippen LogP contribution is 2.40. The number of hydrogen-bond acceptors (Lipinski definition) is 4. The predicted octanol–water partition coefficient (Wildman–Crippen LogP) is 1.33. The molecule has 0 unspecified atom stereocenters. The fourth-order valence-corrected chi connectivity index (χ4v) is 1.63. The number of pyridine rings is 1. The average Bonchev–Trinajstić information content (AvgIpc) is 3.08.